The summed E-state index contributed by atoms with van der Waals surface area (Å²) in [5.74, 6) is 1.40. The average Bonchev–Trinajstić information content (AvgIpc) is 2.41. The normalized spacial score (nSPS) is 22.8. The lowest BCUT2D eigenvalue weighted by Crippen LogP contribution is -2.25. The number of ether oxygens (including phenoxy) is 1. The first-order valence-electron chi connectivity index (χ1n) is 6.69. The van der Waals surface area contributed by atoms with E-state index in [0.717, 1.165) is 18.8 Å². The molecule has 19 heavy (non-hydrogen) atoms. The Kier molecular flexibility index (Phi) is 4.24. The number of methoxy groups -OCH3 is 1. The van der Waals surface area contributed by atoms with Gasteiger partial charge in [0.1, 0.15) is 11.4 Å². The highest BCUT2D eigenvalue weighted by Crippen LogP contribution is 2.32. The molecule has 2 rings (SSSR count). The number of nitrogens with zero attached hydrogens (tertiary/aromatic N) is 1. The van der Waals surface area contributed by atoms with E-state index >= 15 is 0 Å². The molecule has 0 bridgehead atoms. The Balaban J connectivity index is 2.15. The number of nitro groups is 1. The molecule has 0 saturated heterocycles. The van der Waals surface area contributed by atoms with Gasteiger partial charge < -0.3 is 10.1 Å². The minimum Gasteiger partial charge on any atom is -0.497 e. The molecule has 0 aliphatic heterocycles. The van der Waals surface area contributed by atoms with Gasteiger partial charge >= 0.3 is 0 Å². The van der Waals surface area contributed by atoms with Crippen LogP contribution in [0.2, 0.25) is 0 Å². The molecule has 0 aromatic heterocycles. The Morgan fingerprint density at radius 1 is 1.32 bits per heavy atom. The Morgan fingerprint density at radius 2 is 2.00 bits per heavy atom. The molecule has 1 aliphatic carbocycles. The molecule has 1 aromatic rings. The smallest absolute Gasteiger partial charge is 0.292 e. The number of anilines is 1. The first-order valence-corrected chi connectivity index (χ1v) is 6.69. The second-order valence-corrected chi connectivity index (χ2v) is 5.24. The van der Waals surface area contributed by atoms with Gasteiger partial charge in [0.2, 0.25) is 0 Å². The topological polar surface area (TPSA) is 64.4 Å². The van der Waals surface area contributed by atoms with E-state index < -0.39 is 0 Å². The van der Waals surface area contributed by atoms with Crippen LogP contribution in [0, 0.1) is 16.0 Å². The van der Waals surface area contributed by atoms with Crippen LogP contribution in [-0.2, 0) is 0 Å². The highest BCUT2D eigenvalue weighted by Gasteiger charge is 2.21. The van der Waals surface area contributed by atoms with E-state index in [9.17, 15) is 10.1 Å². The number of hydrogen-bond donors (Lipinski definition) is 1. The van der Waals surface area contributed by atoms with Crippen LogP contribution in [0.3, 0.4) is 0 Å². The molecule has 1 saturated carbocycles. The third kappa shape index (κ3) is 3.36. The van der Waals surface area contributed by atoms with Gasteiger partial charge in [-0.05, 0) is 37.7 Å². The summed E-state index contributed by atoms with van der Waals surface area (Å²) >= 11 is 0. The highest BCUT2D eigenvalue weighted by molar-refractivity contribution is 5.64. The fraction of sp³-hybridized carbons (Fsp3) is 0.571. The maximum Gasteiger partial charge on any atom is 0.292 e. The molecule has 1 aliphatic rings. The van der Waals surface area contributed by atoms with E-state index in [4.69, 9.17) is 4.74 Å². The predicted molar refractivity (Wildman–Crippen MR) is 74.7 cm³/mol. The van der Waals surface area contributed by atoms with Gasteiger partial charge in [-0.3, -0.25) is 10.1 Å². The summed E-state index contributed by atoms with van der Waals surface area (Å²) in [6.45, 7) is 2.25. The van der Waals surface area contributed by atoms with Gasteiger partial charge in [0.25, 0.3) is 5.69 Å². The SMILES string of the molecule is COc1ccc([N+](=O)[O-])c(NC2CCC(C)CC2)c1. The minimum absolute atomic E-state index is 0.111. The van der Waals surface area contributed by atoms with Crippen LogP contribution in [0.5, 0.6) is 5.75 Å². The van der Waals surface area contributed by atoms with Gasteiger partial charge in [-0.25, -0.2) is 0 Å². The quantitative estimate of drug-likeness (QED) is 0.666. The van der Waals surface area contributed by atoms with Crippen molar-refractivity contribution < 1.29 is 9.66 Å². The standard InChI is InChI=1S/C14H20N2O3/c1-10-3-5-11(6-4-10)15-13-9-12(19-2)7-8-14(13)16(17)18/h7-11,15H,3-6H2,1-2H3. The fourth-order valence-corrected chi connectivity index (χ4v) is 2.54. The summed E-state index contributed by atoms with van der Waals surface area (Å²) in [6, 6.07) is 5.14. The number of nitro benzene ring substituents is 1. The third-order valence-electron chi connectivity index (χ3n) is 3.78. The van der Waals surface area contributed by atoms with Crippen LogP contribution in [0.1, 0.15) is 32.6 Å². The van der Waals surface area contributed by atoms with Crippen molar-refractivity contribution in [2.75, 3.05) is 12.4 Å². The van der Waals surface area contributed by atoms with Gasteiger partial charge in [0.05, 0.1) is 12.0 Å². The molecular weight excluding hydrogens is 244 g/mol. The molecule has 0 heterocycles. The van der Waals surface area contributed by atoms with Crippen molar-refractivity contribution in [3.8, 4) is 5.75 Å². The van der Waals surface area contributed by atoms with Crippen LogP contribution in [0.15, 0.2) is 18.2 Å². The maximum absolute atomic E-state index is 11.0. The van der Waals surface area contributed by atoms with Gasteiger partial charge in [-0.15, -0.1) is 0 Å². The first kappa shape index (κ1) is 13.6. The van der Waals surface area contributed by atoms with Crippen LogP contribution in [0.4, 0.5) is 11.4 Å². The summed E-state index contributed by atoms with van der Waals surface area (Å²) < 4.78 is 5.13. The molecule has 5 heteroatoms. The molecule has 0 radical (unpaired) electrons. The number of benzene rings is 1. The summed E-state index contributed by atoms with van der Waals surface area (Å²) in [4.78, 5) is 10.7. The van der Waals surface area contributed by atoms with E-state index in [1.807, 2.05) is 0 Å². The zero-order chi connectivity index (χ0) is 13.8. The number of rotatable bonds is 4. The molecule has 1 aromatic carbocycles. The lowest BCUT2D eigenvalue weighted by atomic mass is 9.87. The van der Waals surface area contributed by atoms with E-state index in [1.165, 1.54) is 18.9 Å². The van der Waals surface area contributed by atoms with Gasteiger partial charge in [0, 0.05) is 18.2 Å². The lowest BCUT2D eigenvalue weighted by molar-refractivity contribution is -0.384. The van der Waals surface area contributed by atoms with Gasteiger partial charge in [-0.1, -0.05) is 6.92 Å². The van der Waals surface area contributed by atoms with Crippen LogP contribution in [0.25, 0.3) is 0 Å². The summed E-state index contributed by atoms with van der Waals surface area (Å²) in [6.07, 6.45) is 4.48. The van der Waals surface area contributed by atoms with E-state index in [2.05, 4.69) is 12.2 Å². The van der Waals surface area contributed by atoms with Crippen molar-refractivity contribution in [1.29, 1.82) is 0 Å². The van der Waals surface area contributed by atoms with Gasteiger partial charge in [-0.2, -0.15) is 0 Å². The lowest BCUT2D eigenvalue weighted by Gasteiger charge is -2.27. The van der Waals surface area contributed by atoms with Gasteiger partial charge in [0.15, 0.2) is 0 Å². The van der Waals surface area contributed by atoms with Crippen molar-refractivity contribution in [3.63, 3.8) is 0 Å². The van der Waals surface area contributed by atoms with Crippen molar-refractivity contribution >= 4 is 11.4 Å². The minimum atomic E-state index is -0.354. The predicted octanol–water partition coefficient (Wildman–Crippen LogP) is 3.59. The van der Waals surface area contributed by atoms with Crippen molar-refractivity contribution in [2.45, 2.75) is 38.6 Å². The molecule has 0 amide bonds. The molecule has 0 spiro atoms. The second kappa shape index (κ2) is 5.91. The Labute approximate surface area is 113 Å². The third-order valence-corrected chi connectivity index (χ3v) is 3.78. The monoisotopic (exact) mass is 264 g/mol. The Hall–Kier alpha value is -1.78. The molecule has 1 fully saturated rings. The van der Waals surface area contributed by atoms with E-state index in [0.29, 0.717) is 17.5 Å². The van der Waals surface area contributed by atoms with Crippen molar-refractivity contribution in [2.24, 2.45) is 5.92 Å². The van der Waals surface area contributed by atoms with E-state index in [-0.39, 0.29) is 10.6 Å². The van der Waals surface area contributed by atoms with E-state index in [1.54, 1.807) is 19.2 Å². The zero-order valence-electron chi connectivity index (χ0n) is 11.4. The molecule has 0 atom stereocenters. The second-order valence-electron chi connectivity index (χ2n) is 5.24. The summed E-state index contributed by atoms with van der Waals surface area (Å²) in [5, 5.41) is 14.3. The maximum atomic E-state index is 11.0. The largest absolute Gasteiger partial charge is 0.497 e. The van der Waals surface area contributed by atoms with Crippen LogP contribution in [-0.4, -0.2) is 18.1 Å². The first-order chi connectivity index (χ1) is 9.10. The summed E-state index contributed by atoms with van der Waals surface area (Å²) in [5.41, 5.74) is 0.670. The number of hydrogen-bond acceptors (Lipinski definition) is 4. The molecule has 104 valence electrons. The van der Waals surface area contributed by atoms with Crippen molar-refractivity contribution in [3.05, 3.63) is 28.3 Å². The fourth-order valence-electron chi connectivity index (χ4n) is 2.54. The molecule has 0 unspecified atom stereocenters. The average molecular weight is 264 g/mol. The number of nitrogens with one attached hydrogen (secondary N) is 1. The Morgan fingerprint density at radius 3 is 2.58 bits per heavy atom. The van der Waals surface area contributed by atoms with Crippen LogP contribution < -0.4 is 10.1 Å². The molecular formula is C14H20N2O3. The molecule has 1 N–H and O–H groups in total. The van der Waals surface area contributed by atoms with Crippen LogP contribution >= 0.6 is 0 Å². The zero-order valence-corrected chi connectivity index (χ0v) is 11.4. The summed E-state index contributed by atoms with van der Waals surface area (Å²) in [7, 11) is 1.56. The van der Waals surface area contributed by atoms with Crippen molar-refractivity contribution in [1.82, 2.24) is 0 Å². The molecule has 5 nitrogen and oxygen atoms in total. The Bertz CT molecular complexity index is 454. The highest BCUT2D eigenvalue weighted by atomic mass is 16.6.